The molecule has 0 saturated carbocycles. The molecule has 0 saturated heterocycles. The fourth-order valence-corrected chi connectivity index (χ4v) is 3.63. The summed E-state index contributed by atoms with van der Waals surface area (Å²) in [5, 5.41) is 13.7. The number of ether oxygens (including phenoxy) is 1. The van der Waals surface area contributed by atoms with E-state index in [9.17, 15) is 9.59 Å². The Kier molecular flexibility index (Phi) is 5.66. The van der Waals surface area contributed by atoms with Crippen LogP contribution < -0.4 is 5.43 Å². The Morgan fingerprint density at radius 1 is 1.23 bits per heavy atom. The van der Waals surface area contributed by atoms with Crippen LogP contribution in [0.1, 0.15) is 29.7 Å². The fraction of sp³-hybridized carbons (Fsp3) is 0.174. The third-order valence-electron chi connectivity index (χ3n) is 5.26. The molecule has 1 amide bonds. The normalized spacial score (nSPS) is 15.8. The lowest BCUT2D eigenvalue weighted by molar-refractivity contribution is -0.253. The van der Waals surface area contributed by atoms with E-state index >= 15 is 0 Å². The number of hydrazone groups is 1. The van der Waals surface area contributed by atoms with Crippen molar-refractivity contribution in [2.75, 3.05) is 7.11 Å². The van der Waals surface area contributed by atoms with Crippen LogP contribution in [0.25, 0.3) is 17.0 Å². The lowest BCUT2D eigenvalue weighted by Gasteiger charge is -2.12. The van der Waals surface area contributed by atoms with E-state index in [1.807, 2.05) is 47.2 Å². The van der Waals surface area contributed by atoms with Crippen molar-refractivity contribution in [2.24, 2.45) is 5.10 Å². The van der Waals surface area contributed by atoms with Gasteiger partial charge in [-0.3, -0.25) is 10.1 Å². The number of rotatable bonds is 6. The highest BCUT2D eigenvalue weighted by atomic mass is 17.1. The van der Waals surface area contributed by atoms with Crippen molar-refractivity contribution in [3.05, 3.63) is 77.0 Å². The van der Waals surface area contributed by atoms with Gasteiger partial charge in [-0.15, -0.1) is 0 Å². The summed E-state index contributed by atoms with van der Waals surface area (Å²) in [6, 6.07) is 14.3. The highest BCUT2D eigenvalue weighted by Crippen LogP contribution is 2.28. The lowest BCUT2D eigenvalue weighted by atomic mass is 9.99. The van der Waals surface area contributed by atoms with E-state index in [1.54, 1.807) is 25.1 Å². The van der Waals surface area contributed by atoms with Gasteiger partial charge in [-0.1, -0.05) is 42.5 Å². The molecule has 0 spiro atoms. The van der Waals surface area contributed by atoms with E-state index in [2.05, 4.69) is 15.4 Å². The van der Waals surface area contributed by atoms with Gasteiger partial charge in [0.25, 0.3) is 5.91 Å². The van der Waals surface area contributed by atoms with Crippen LogP contribution in [-0.2, 0) is 25.8 Å². The van der Waals surface area contributed by atoms with Gasteiger partial charge < -0.3 is 9.30 Å². The van der Waals surface area contributed by atoms with Gasteiger partial charge in [0.15, 0.2) is 0 Å². The first-order valence-electron chi connectivity index (χ1n) is 9.66. The first-order chi connectivity index (χ1) is 15.0. The molecule has 1 aliphatic rings. The monoisotopic (exact) mass is 419 g/mol. The van der Waals surface area contributed by atoms with Crippen LogP contribution in [0, 0.1) is 0 Å². The van der Waals surface area contributed by atoms with Crippen LogP contribution in [0.4, 0.5) is 0 Å². The molecule has 1 aliphatic heterocycles. The third kappa shape index (κ3) is 3.86. The molecule has 31 heavy (non-hydrogen) atoms. The van der Waals surface area contributed by atoms with Crippen LogP contribution in [0.15, 0.2) is 65.4 Å². The molecule has 0 aliphatic carbocycles. The number of methoxy groups -OCH3 is 1. The lowest BCUT2D eigenvalue weighted by Crippen LogP contribution is -2.16. The number of nitrogens with one attached hydrogen (secondary N) is 1. The molecule has 1 unspecified atom stereocenters. The summed E-state index contributed by atoms with van der Waals surface area (Å²) in [6.45, 7) is 1.84. The van der Waals surface area contributed by atoms with Crippen LogP contribution in [0.5, 0.6) is 0 Å². The second-order valence-electron chi connectivity index (χ2n) is 7.14. The van der Waals surface area contributed by atoms with Gasteiger partial charge in [0.05, 0.1) is 12.7 Å². The SMILES string of the molecule is COC(=O)C(C)n1cc(C=C2C(=O)NN=C2c2ccc(COO)cc2)c2ccccc21. The van der Waals surface area contributed by atoms with Crippen molar-refractivity contribution in [1.82, 2.24) is 9.99 Å². The average Bonchev–Trinajstić information content (AvgIpc) is 3.35. The van der Waals surface area contributed by atoms with Gasteiger partial charge >= 0.3 is 5.97 Å². The summed E-state index contributed by atoms with van der Waals surface area (Å²) >= 11 is 0. The third-order valence-corrected chi connectivity index (χ3v) is 5.26. The molecule has 8 nitrogen and oxygen atoms in total. The standard InChI is InChI=1S/C23H21N3O5/c1-14(23(28)30-2)26-12-17(18-5-3-4-6-20(18)26)11-19-21(24-25-22(19)27)16-9-7-15(8-10-16)13-31-29/h3-12,14,29H,13H2,1-2H3,(H,25,27). The molecule has 0 radical (unpaired) electrons. The number of para-hydroxylation sites is 1. The number of hydrogen-bond donors (Lipinski definition) is 2. The number of benzene rings is 2. The number of hydrogen-bond acceptors (Lipinski definition) is 6. The zero-order valence-corrected chi connectivity index (χ0v) is 17.0. The minimum absolute atomic E-state index is 0.0739. The summed E-state index contributed by atoms with van der Waals surface area (Å²) < 4.78 is 6.73. The van der Waals surface area contributed by atoms with Crippen molar-refractivity contribution in [1.29, 1.82) is 0 Å². The van der Waals surface area contributed by atoms with Crippen LogP contribution in [0.3, 0.4) is 0 Å². The van der Waals surface area contributed by atoms with Crippen molar-refractivity contribution in [2.45, 2.75) is 19.6 Å². The van der Waals surface area contributed by atoms with E-state index in [-0.39, 0.29) is 18.5 Å². The molecule has 3 aromatic rings. The van der Waals surface area contributed by atoms with Gasteiger partial charge in [0.1, 0.15) is 18.4 Å². The molecular formula is C23H21N3O5. The molecule has 2 heterocycles. The number of carbonyl (C=O) groups excluding carboxylic acids is 2. The Hall–Kier alpha value is -3.75. The number of amides is 1. The van der Waals surface area contributed by atoms with Crippen molar-refractivity contribution < 1.29 is 24.5 Å². The van der Waals surface area contributed by atoms with Crippen LogP contribution in [0.2, 0.25) is 0 Å². The zero-order valence-electron chi connectivity index (χ0n) is 17.0. The van der Waals surface area contributed by atoms with Gasteiger partial charge in [0.2, 0.25) is 0 Å². The number of fused-ring (bicyclic) bond motifs is 1. The van der Waals surface area contributed by atoms with E-state index < -0.39 is 6.04 Å². The quantitative estimate of drug-likeness (QED) is 0.276. The van der Waals surface area contributed by atoms with Crippen molar-refractivity contribution in [3.63, 3.8) is 0 Å². The van der Waals surface area contributed by atoms with Crippen LogP contribution >= 0.6 is 0 Å². The first-order valence-corrected chi connectivity index (χ1v) is 9.66. The summed E-state index contributed by atoms with van der Waals surface area (Å²) in [4.78, 5) is 28.8. The Morgan fingerprint density at radius 3 is 2.68 bits per heavy atom. The van der Waals surface area contributed by atoms with Gasteiger partial charge in [0, 0.05) is 28.2 Å². The second-order valence-corrected chi connectivity index (χ2v) is 7.14. The molecule has 8 heteroatoms. The molecule has 1 aromatic heterocycles. The van der Waals surface area contributed by atoms with Gasteiger partial charge in [-0.2, -0.15) is 5.10 Å². The molecule has 2 N–H and O–H groups in total. The minimum atomic E-state index is -0.520. The van der Waals surface area contributed by atoms with E-state index in [4.69, 9.17) is 9.99 Å². The summed E-state index contributed by atoms with van der Waals surface area (Å²) in [5.74, 6) is -0.664. The Labute approximate surface area is 178 Å². The van der Waals surface area contributed by atoms with Crippen LogP contribution in [-0.4, -0.2) is 34.5 Å². The predicted octanol–water partition coefficient (Wildman–Crippen LogP) is 3.28. The summed E-state index contributed by atoms with van der Waals surface area (Å²) in [7, 11) is 1.36. The van der Waals surface area contributed by atoms with Gasteiger partial charge in [-0.05, 0) is 24.6 Å². The van der Waals surface area contributed by atoms with Crippen molar-refractivity contribution in [3.8, 4) is 0 Å². The van der Waals surface area contributed by atoms with Gasteiger partial charge in [-0.25, -0.2) is 15.1 Å². The minimum Gasteiger partial charge on any atom is -0.467 e. The number of carbonyl (C=O) groups is 2. The molecule has 158 valence electrons. The van der Waals surface area contributed by atoms with Crippen molar-refractivity contribution >= 4 is 34.6 Å². The molecule has 1 atom stereocenters. The number of esters is 1. The first kappa shape index (κ1) is 20.5. The van der Waals surface area contributed by atoms with E-state index in [1.165, 1.54) is 7.11 Å². The molecule has 2 aromatic carbocycles. The highest BCUT2D eigenvalue weighted by Gasteiger charge is 2.25. The topological polar surface area (TPSA) is 102 Å². The Balaban J connectivity index is 1.77. The maximum absolute atomic E-state index is 12.5. The smallest absolute Gasteiger partial charge is 0.328 e. The maximum atomic E-state index is 12.5. The molecule has 0 bridgehead atoms. The summed E-state index contributed by atoms with van der Waals surface area (Å²) in [6.07, 6.45) is 3.61. The Bertz CT molecular complexity index is 1210. The fourth-order valence-electron chi connectivity index (χ4n) is 3.63. The Morgan fingerprint density at radius 2 is 1.97 bits per heavy atom. The molecule has 4 rings (SSSR count). The molecular weight excluding hydrogens is 398 g/mol. The van der Waals surface area contributed by atoms with E-state index in [0.717, 1.165) is 27.6 Å². The number of nitrogens with zero attached hydrogens (tertiary/aromatic N) is 2. The highest BCUT2D eigenvalue weighted by molar-refractivity contribution is 6.33. The molecule has 0 fully saturated rings. The zero-order chi connectivity index (χ0) is 22.0. The average molecular weight is 419 g/mol. The second kappa shape index (κ2) is 8.55. The summed E-state index contributed by atoms with van der Waals surface area (Å²) in [5.41, 5.74) is 6.63. The van der Waals surface area contributed by atoms with E-state index in [0.29, 0.717) is 11.3 Å². The largest absolute Gasteiger partial charge is 0.467 e. The maximum Gasteiger partial charge on any atom is 0.328 e. The predicted molar refractivity (Wildman–Crippen MR) is 115 cm³/mol. The number of aromatic nitrogens is 1.